The van der Waals surface area contributed by atoms with Crippen LogP contribution >= 0.6 is 11.6 Å². The van der Waals surface area contributed by atoms with Gasteiger partial charge in [-0.15, -0.1) is 0 Å². The van der Waals surface area contributed by atoms with E-state index in [0.717, 1.165) is 0 Å². The fraction of sp³-hybridized carbons (Fsp3) is 0.316. The van der Waals surface area contributed by atoms with Crippen molar-refractivity contribution in [1.82, 2.24) is 0 Å². The number of carbonyl (C=O) groups is 1. The van der Waals surface area contributed by atoms with Crippen molar-refractivity contribution in [1.29, 1.82) is 0 Å². The molecule has 29 heavy (non-hydrogen) atoms. The lowest BCUT2D eigenvalue weighted by atomic mass is 9.90. The molecular weight excluding hydrogens is 426 g/mol. The molecule has 1 atom stereocenters. The Labute approximate surface area is 167 Å². The Morgan fingerprint density at radius 3 is 1.76 bits per heavy atom. The highest BCUT2D eigenvalue weighted by Gasteiger charge is 2.39. The second kappa shape index (κ2) is 9.60. The molecule has 2 aromatic rings. The fourth-order valence-corrected chi connectivity index (χ4v) is 2.60. The van der Waals surface area contributed by atoms with Crippen LogP contribution < -0.4 is 0 Å². The zero-order valence-electron chi connectivity index (χ0n) is 14.6. The van der Waals surface area contributed by atoms with E-state index < -0.39 is 43.6 Å². The van der Waals surface area contributed by atoms with Crippen LogP contribution in [0.1, 0.15) is 21.8 Å². The number of ketones is 1. The van der Waals surface area contributed by atoms with E-state index in [9.17, 15) is 31.1 Å². The Morgan fingerprint density at radius 1 is 0.828 bits per heavy atom. The molecule has 0 saturated heterocycles. The third kappa shape index (κ3) is 7.68. The molecule has 3 nitrogen and oxygen atoms in total. The van der Waals surface area contributed by atoms with E-state index in [1.807, 2.05) is 0 Å². The van der Waals surface area contributed by atoms with Crippen molar-refractivity contribution in [2.24, 2.45) is 0 Å². The average Bonchev–Trinajstić information content (AvgIpc) is 2.64. The van der Waals surface area contributed by atoms with Gasteiger partial charge in [0.25, 0.3) is 0 Å². The van der Waals surface area contributed by atoms with E-state index in [2.05, 4.69) is 9.47 Å². The van der Waals surface area contributed by atoms with Crippen molar-refractivity contribution in [2.75, 3.05) is 13.2 Å². The summed E-state index contributed by atoms with van der Waals surface area (Å²) in [6, 6.07) is 12.7. The first-order valence-electron chi connectivity index (χ1n) is 8.18. The number of carbonyl (C=O) groups excluding carboxylic acids is 1. The summed E-state index contributed by atoms with van der Waals surface area (Å²) in [5, 5.41) is 0.267. The molecule has 0 aliphatic heterocycles. The minimum atomic E-state index is -4.83. The molecule has 0 aliphatic rings. The van der Waals surface area contributed by atoms with Crippen molar-refractivity contribution in [2.45, 2.75) is 24.6 Å². The van der Waals surface area contributed by atoms with Crippen LogP contribution in [0.3, 0.4) is 0 Å². The first kappa shape index (κ1) is 23.2. The lowest BCUT2D eigenvalue weighted by molar-refractivity contribution is -0.261. The fourth-order valence-electron chi connectivity index (χ4n) is 2.48. The Kier molecular flexibility index (Phi) is 7.67. The van der Waals surface area contributed by atoms with Crippen molar-refractivity contribution < 1.29 is 40.6 Å². The molecule has 0 saturated carbocycles. The molecule has 0 fully saturated rings. The summed E-state index contributed by atoms with van der Waals surface area (Å²) < 4.78 is 84.9. The molecule has 2 aromatic carbocycles. The van der Waals surface area contributed by atoms with Crippen molar-refractivity contribution in [3.8, 4) is 0 Å². The van der Waals surface area contributed by atoms with Gasteiger partial charge in [0.2, 0.25) is 0 Å². The Bertz CT molecular complexity index is 772. The molecule has 158 valence electrons. The smallest absolute Gasteiger partial charge is 0.342 e. The van der Waals surface area contributed by atoms with Crippen LogP contribution in [-0.4, -0.2) is 37.6 Å². The highest BCUT2D eigenvalue weighted by Crippen LogP contribution is 2.31. The van der Waals surface area contributed by atoms with E-state index in [-0.39, 0.29) is 16.1 Å². The Morgan fingerprint density at radius 2 is 1.31 bits per heavy atom. The number of hydrogen-bond acceptors (Lipinski definition) is 3. The minimum Gasteiger partial charge on any atom is -0.342 e. The van der Waals surface area contributed by atoms with Gasteiger partial charge < -0.3 is 9.47 Å². The summed E-state index contributed by atoms with van der Waals surface area (Å²) in [6.07, 6.45) is -11.8. The van der Waals surface area contributed by atoms with Crippen molar-refractivity contribution in [3.05, 3.63) is 70.7 Å². The van der Waals surface area contributed by atoms with Gasteiger partial charge in [-0.3, -0.25) is 4.79 Å². The average molecular weight is 441 g/mol. The van der Waals surface area contributed by atoms with Crippen LogP contribution in [0.15, 0.2) is 54.6 Å². The van der Waals surface area contributed by atoms with Gasteiger partial charge in [-0.25, -0.2) is 0 Å². The van der Waals surface area contributed by atoms with Crippen LogP contribution in [0.5, 0.6) is 0 Å². The lowest BCUT2D eigenvalue weighted by Crippen LogP contribution is -2.36. The molecule has 2 rings (SSSR count). The number of benzene rings is 2. The first-order chi connectivity index (χ1) is 13.5. The van der Waals surface area contributed by atoms with E-state index >= 15 is 0 Å². The predicted octanol–water partition coefficient (Wildman–Crippen LogP) is 5.79. The number of hydrogen-bond donors (Lipinski definition) is 0. The summed E-state index contributed by atoms with van der Waals surface area (Å²) in [5.41, 5.74) is 0.168. The van der Waals surface area contributed by atoms with Crippen molar-refractivity contribution >= 4 is 17.4 Å². The molecule has 10 heteroatoms. The van der Waals surface area contributed by atoms with Crippen LogP contribution in [0.2, 0.25) is 5.02 Å². The van der Waals surface area contributed by atoms with E-state index in [1.165, 1.54) is 48.5 Å². The zero-order valence-corrected chi connectivity index (χ0v) is 15.4. The maximum atomic E-state index is 13.0. The van der Waals surface area contributed by atoms with Crippen LogP contribution in [0, 0.1) is 0 Å². The Hall–Kier alpha value is -2.10. The molecule has 0 aromatic heterocycles. The molecular formula is C19H15ClF6O3. The van der Waals surface area contributed by atoms with Crippen LogP contribution in [-0.2, 0) is 9.47 Å². The SMILES string of the molecule is O=C(c1ccccc1)[C@H](c1ccc(Cl)cc1)C(OCC(F)(F)F)OCC(F)(F)F. The molecule has 0 heterocycles. The predicted molar refractivity (Wildman–Crippen MR) is 92.8 cm³/mol. The standard InChI is InChI=1S/C19H15ClF6O3/c20-14-8-6-12(7-9-14)15(16(27)13-4-2-1-3-5-13)17(28-10-18(21,22)23)29-11-19(24,25)26/h1-9,15,17H,10-11H2/t15-/m0/s1. The van der Waals surface area contributed by atoms with Gasteiger partial charge in [-0.05, 0) is 17.7 Å². The van der Waals surface area contributed by atoms with Gasteiger partial charge in [0.05, 0.1) is 5.92 Å². The number of halogens is 7. The van der Waals surface area contributed by atoms with E-state index in [4.69, 9.17) is 11.6 Å². The van der Waals surface area contributed by atoms with Gasteiger partial charge >= 0.3 is 12.4 Å². The van der Waals surface area contributed by atoms with Crippen molar-refractivity contribution in [3.63, 3.8) is 0 Å². The summed E-state index contributed by atoms with van der Waals surface area (Å²) in [6.45, 7) is -3.77. The van der Waals surface area contributed by atoms with Crippen LogP contribution in [0.4, 0.5) is 26.3 Å². The largest absolute Gasteiger partial charge is 0.411 e. The monoisotopic (exact) mass is 440 g/mol. The maximum Gasteiger partial charge on any atom is 0.411 e. The number of Topliss-reactive ketones (excluding diaryl/α,β-unsaturated/α-hetero) is 1. The molecule has 0 amide bonds. The van der Waals surface area contributed by atoms with E-state index in [0.29, 0.717) is 0 Å². The molecule has 0 aliphatic carbocycles. The third-order valence-electron chi connectivity index (χ3n) is 3.66. The normalized spacial score (nSPS) is 13.5. The molecule has 0 N–H and O–H groups in total. The summed E-state index contributed by atoms with van der Waals surface area (Å²) in [7, 11) is 0. The summed E-state index contributed by atoms with van der Waals surface area (Å²) in [5.74, 6) is -2.35. The maximum absolute atomic E-state index is 13.0. The quantitative estimate of drug-likeness (QED) is 0.296. The summed E-state index contributed by atoms with van der Waals surface area (Å²) in [4.78, 5) is 13.0. The second-order valence-electron chi connectivity index (χ2n) is 5.98. The highest BCUT2D eigenvalue weighted by molar-refractivity contribution is 6.30. The number of alkyl halides is 6. The Balaban J connectivity index is 2.43. The van der Waals surface area contributed by atoms with Gasteiger partial charge in [0.1, 0.15) is 13.2 Å². The van der Waals surface area contributed by atoms with Gasteiger partial charge in [0, 0.05) is 10.6 Å². The van der Waals surface area contributed by atoms with Gasteiger partial charge in [-0.2, -0.15) is 26.3 Å². The third-order valence-corrected chi connectivity index (χ3v) is 3.92. The van der Waals surface area contributed by atoms with Gasteiger partial charge in [-0.1, -0.05) is 54.1 Å². The topological polar surface area (TPSA) is 35.5 Å². The van der Waals surface area contributed by atoms with E-state index in [1.54, 1.807) is 6.07 Å². The molecule has 0 radical (unpaired) electrons. The highest BCUT2D eigenvalue weighted by atomic mass is 35.5. The lowest BCUT2D eigenvalue weighted by Gasteiger charge is -2.28. The van der Waals surface area contributed by atoms with Gasteiger partial charge in [0.15, 0.2) is 12.1 Å². The molecule has 0 bridgehead atoms. The molecule has 0 spiro atoms. The number of ether oxygens (including phenoxy) is 2. The zero-order chi connectivity index (χ0) is 21.7. The minimum absolute atomic E-state index is 0.0728. The summed E-state index contributed by atoms with van der Waals surface area (Å²) >= 11 is 5.79. The second-order valence-corrected chi connectivity index (χ2v) is 6.42. The molecule has 0 unspecified atom stereocenters. The number of rotatable bonds is 8. The van der Waals surface area contributed by atoms with Crippen LogP contribution in [0.25, 0.3) is 0 Å². The first-order valence-corrected chi connectivity index (χ1v) is 8.55.